The summed E-state index contributed by atoms with van der Waals surface area (Å²) in [5, 5.41) is 4.30. The minimum atomic E-state index is -0.877. The second-order valence-electron chi connectivity index (χ2n) is 9.33. The smallest absolute Gasteiger partial charge is 0.405 e. The number of primary amides is 1. The number of ether oxygens (including phenoxy) is 2. The summed E-state index contributed by atoms with van der Waals surface area (Å²) in [5.41, 5.74) is 7.87. The number of piperazine rings is 1. The Morgan fingerprint density at radius 1 is 1.06 bits per heavy atom. The van der Waals surface area contributed by atoms with E-state index in [0.29, 0.717) is 13.1 Å². The number of rotatable bonds is 9. The molecule has 0 unspecified atom stereocenters. The molecule has 2 amide bonds. The van der Waals surface area contributed by atoms with Gasteiger partial charge in [-0.05, 0) is 60.8 Å². The maximum absolute atomic E-state index is 13.4. The van der Waals surface area contributed by atoms with Crippen molar-refractivity contribution >= 4 is 23.3 Å². The third-order valence-corrected chi connectivity index (χ3v) is 7.85. The molecule has 0 aliphatic carbocycles. The van der Waals surface area contributed by atoms with Crippen LogP contribution < -0.4 is 10.5 Å². The van der Waals surface area contributed by atoms with Crippen LogP contribution in [0.4, 0.5) is 4.79 Å². The second kappa shape index (κ2) is 12.4. The number of carbonyl (C=O) groups excluding carboxylic acids is 2. The Morgan fingerprint density at radius 3 is 2.46 bits per heavy atom. The van der Waals surface area contributed by atoms with Gasteiger partial charge in [-0.15, -0.1) is 0 Å². The molecule has 35 heavy (non-hydrogen) atoms. The summed E-state index contributed by atoms with van der Waals surface area (Å²) in [5.74, 6) is 0.763. The minimum Gasteiger partial charge on any atom is -0.496 e. The van der Waals surface area contributed by atoms with Crippen molar-refractivity contribution in [2.24, 2.45) is 11.7 Å². The van der Waals surface area contributed by atoms with Crippen molar-refractivity contribution in [3.05, 3.63) is 52.2 Å². The predicted octanol–water partition coefficient (Wildman–Crippen LogP) is 2.82. The molecule has 0 saturated carbocycles. The Hall–Kier alpha value is -2.62. The van der Waals surface area contributed by atoms with Crippen LogP contribution in [0.1, 0.15) is 24.0 Å². The van der Waals surface area contributed by atoms with Gasteiger partial charge in [0.2, 0.25) is 0 Å². The molecule has 1 aromatic heterocycles. The van der Waals surface area contributed by atoms with Gasteiger partial charge in [0.05, 0.1) is 7.11 Å². The molecule has 2 fully saturated rings. The molecule has 9 heteroatoms. The Morgan fingerprint density at radius 2 is 1.80 bits per heavy atom. The minimum absolute atomic E-state index is 0.000919. The fraction of sp³-hybridized carbons (Fsp3) is 0.538. The van der Waals surface area contributed by atoms with Crippen molar-refractivity contribution in [2.45, 2.75) is 31.9 Å². The number of nitrogens with two attached hydrogens (primary N) is 1. The average molecular weight is 501 g/mol. The third-order valence-electron chi connectivity index (χ3n) is 7.11. The molecule has 1 atom stereocenters. The molecule has 0 bridgehead atoms. The molecule has 1 aromatic carbocycles. The Kier molecular flexibility index (Phi) is 9.01. The SMILES string of the molecule is COc1ccccc1CN1CCN(C(=O)[C@H](OC(N)=O)C2CCN(CCc3ccsc3)CC2)CC1. The Labute approximate surface area is 211 Å². The molecular formula is C26H36N4O4S. The van der Waals surface area contributed by atoms with Crippen molar-refractivity contribution in [3.8, 4) is 5.75 Å². The van der Waals surface area contributed by atoms with Crippen molar-refractivity contribution in [1.82, 2.24) is 14.7 Å². The Balaban J connectivity index is 1.28. The van der Waals surface area contributed by atoms with Gasteiger partial charge in [0.1, 0.15) is 5.75 Å². The van der Waals surface area contributed by atoms with Gasteiger partial charge in [0.15, 0.2) is 6.10 Å². The topological polar surface area (TPSA) is 88.3 Å². The van der Waals surface area contributed by atoms with Crippen LogP contribution in [0.15, 0.2) is 41.1 Å². The molecule has 3 heterocycles. The summed E-state index contributed by atoms with van der Waals surface area (Å²) in [4.78, 5) is 31.6. The standard InChI is InChI=1S/C26H36N4O4S/c1-33-23-5-3-2-4-22(23)18-29-13-15-30(16-14-29)25(31)24(34-26(27)32)21-7-11-28(12-8-21)10-6-20-9-17-35-19-20/h2-5,9,17,19,21,24H,6-8,10-16,18H2,1H3,(H2,27,32)/t24-/m1/s1. The zero-order chi connectivity index (χ0) is 24.6. The van der Waals surface area contributed by atoms with Gasteiger partial charge in [-0.25, -0.2) is 4.79 Å². The molecule has 8 nitrogen and oxygen atoms in total. The van der Waals surface area contributed by atoms with Crippen LogP contribution in [0.5, 0.6) is 5.75 Å². The summed E-state index contributed by atoms with van der Waals surface area (Å²) in [6, 6.07) is 10.2. The van der Waals surface area contributed by atoms with Crippen molar-refractivity contribution in [2.75, 3.05) is 52.9 Å². The maximum Gasteiger partial charge on any atom is 0.405 e. The quantitative estimate of drug-likeness (QED) is 0.570. The summed E-state index contributed by atoms with van der Waals surface area (Å²) in [7, 11) is 1.68. The van der Waals surface area contributed by atoms with E-state index >= 15 is 0 Å². The van der Waals surface area contributed by atoms with Crippen LogP contribution in [0.25, 0.3) is 0 Å². The number of carbonyl (C=O) groups is 2. The van der Waals surface area contributed by atoms with E-state index in [1.54, 1.807) is 18.4 Å². The van der Waals surface area contributed by atoms with Gasteiger partial charge in [-0.1, -0.05) is 18.2 Å². The van der Waals surface area contributed by atoms with Crippen LogP contribution in [0.2, 0.25) is 0 Å². The van der Waals surface area contributed by atoms with Gasteiger partial charge < -0.3 is 25.0 Å². The van der Waals surface area contributed by atoms with E-state index in [9.17, 15) is 9.59 Å². The van der Waals surface area contributed by atoms with Gasteiger partial charge in [0.25, 0.3) is 5.91 Å². The van der Waals surface area contributed by atoms with Crippen LogP contribution in [-0.4, -0.2) is 85.7 Å². The molecular weight excluding hydrogens is 464 g/mol. The van der Waals surface area contributed by atoms with Crippen molar-refractivity contribution in [1.29, 1.82) is 0 Å². The first-order valence-electron chi connectivity index (χ1n) is 12.4. The zero-order valence-electron chi connectivity index (χ0n) is 20.4. The van der Waals surface area contributed by atoms with E-state index in [4.69, 9.17) is 15.2 Å². The van der Waals surface area contributed by atoms with Crippen LogP contribution in [-0.2, 0) is 22.5 Å². The molecule has 4 rings (SSSR count). The zero-order valence-corrected chi connectivity index (χ0v) is 21.3. The highest BCUT2D eigenvalue weighted by molar-refractivity contribution is 7.07. The van der Waals surface area contributed by atoms with E-state index < -0.39 is 12.2 Å². The van der Waals surface area contributed by atoms with Gasteiger partial charge in [-0.2, -0.15) is 11.3 Å². The van der Waals surface area contributed by atoms with E-state index in [0.717, 1.165) is 69.8 Å². The molecule has 0 radical (unpaired) electrons. The number of methoxy groups -OCH3 is 1. The molecule has 190 valence electrons. The number of para-hydroxylation sites is 1. The lowest BCUT2D eigenvalue weighted by atomic mass is 9.90. The average Bonchev–Trinajstić information content (AvgIpc) is 3.40. The van der Waals surface area contributed by atoms with Gasteiger partial charge in [-0.3, -0.25) is 9.69 Å². The fourth-order valence-corrected chi connectivity index (χ4v) is 5.76. The van der Waals surface area contributed by atoms with E-state index in [2.05, 4.69) is 32.7 Å². The summed E-state index contributed by atoms with van der Waals surface area (Å²) < 4.78 is 10.9. The van der Waals surface area contributed by atoms with Gasteiger partial charge in [0, 0.05) is 50.7 Å². The molecule has 2 aromatic rings. The van der Waals surface area contributed by atoms with Crippen LogP contribution in [0.3, 0.4) is 0 Å². The predicted molar refractivity (Wildman–Crippen MR) is 136 cm³/mol. The molecule has 2 aliphatic heterocycles. The number of nitrogens with zero attached hydrogens (tertiary/aromatic N) is 3. The Bertz CT molecular complexity index is 954. The van der Waals surface area contributed by atoms with E-state index in [-0.39, 0.29) is 11.8 Å². The number of amides is 2. The second-order valence-corrected chi connectivity index (χ2v) is 10.1. The molecule has 2 N–H and O–H groups in total. The van der Waals surface area contributed by atoms with Gasteiger partial charge >= 0.3 is 6.09 Å². The van der Waals surface area contributed by atoms with Crippen LogP contribution in [0, 0.1) is 5.92 Å². The first kappa shape index (κ1) is 25.5. The number of benzene rings is 1. The third kappa shape index (κ3) is 6.96. The largest absolute Gasteiger partial charge is 0.496 e. The number of piperidine rings is 1. The summed E-state index contributed by atoms with van der Waals surface area (Å²) in [6.45, 7) is 6.30. The van der Waals surface area contributed by atoms with E-state index in [1.807, 2.05) is 23.1 Å². The fourth-order valence-electron chi connectivity index (χ4n) is 5.06. The maximum atomic E-state index is 13.4. The van der Waals surface area contributed by atoms with E-state index in [1.165, 1.54) is 5.56 Å². The normalized spacial score (nSPS) is 18.8. The number of likely N-dealkylation sites (tertiary alicyclic amines) is 1. The number of hydrogen-bond donors (Lipinski definition) is 1. The highest BCUT2D eigenvalue weighted by Gasteiger charge is 2.37. The number of hydrogen-bond acceptors (Lipinski definition) is 7. The highest BCUT2D eigenvalue weighted by atomic mass is 32.1. The van der Waals surface area contributed by atoms with Crippen LogP contribution >= 0.6 is 11.3 Å². The lowest BCUT2D eigenvalue weighted by Gasteiger charge is -2.39. The monoisotopic (exact) mass is 500 g/mol. The van der Waals surface area contributed by atoms with Crippen molar-refractivity contribution in [3.63, 3.8) is 0 Å². The highest BCUT2D eigenvalue weighted by Crippen LogP contribution is 2.26. The molecule has 2 saturated heterocycles. The lowest BCUT2D eigenvalue weighted by molar-refractivity contribution is -0.146. The lowest BCUT2D eigenvalue weighted by Crippen LogP contribution is -2.54. The first-order chi connectivity index (χ1) is 17.0. The van der Waals surface area contributed by atoms with Crippen molar-refractivity contribution < 1.29 is 19.1 Å². The number of thiophene rings is 1. The summed E-state index contributed by atoms with van der Waals surface area (Å²) in [6.07, 6.45) is 1.00. The summed E-state index contributed by atoms with van der Waals surface area (Å²) >= 11 is 1.73. The molecule has 0 spiro atoms. The first-order valence-corrected chi connectivity index (χ1v) is 13.3. The molecule has 2 aliphatic rings.